The Morgan fingerprint density at radius 1 is 1.30 bits per heavy atom. The van der Waals surface area contributed by atoms with Crippen molar-refractivity contribution in [2.75, 3.05) is 26.3 Å². The number of urea groups is 1. The Labute approximate surface area is 137 Å². The summed E-state index contributed by atoms with van der Waals surface area (Å²) in [5.74, 6) is -0.187. The van der Waals surface area contributed by atoms with E-state index in [1.54, 1.807) is 0 Å². The van der Waals surface area contributed by atoms with Gasteiger partial charge in [0.05, 0.1) is 13.2 Å². The second-order valence-electron chi connectivity index (χ2n) is 6.77. The van der Waals surface area contributed by atoms with E-state index < -0.39 is 5.79 Å². The molecule has 0 unspecified atom stereocenters. The molecule has 5 nitrogen and oxygen atoms in total. The molecule has 1 N–H and O–H groups in total. The molecule has 5 heteroatoms. The minimum absolute atomic E-state index is 0.0183. The Morgan fingerprint density at radius 3 is 2.74 bits per heavy atom. The molecule has 2 aliphatic heterocycles. The van der Waals surface area contributed by atoms with E-state index in [1.165, 1.54) is 11.1 Å². The van der Waals surface area contributed by atoms with Crippen LogP contribution in [0.5, 0.6) is 0 Å². The van der Waals surface area contributed by atoms with Gasteiger partial charge in [0.25, 0.3) is 0 Å². The van der Waals surface area contributed by atoms with Crippen molar-refractivity contribution in [3.05, 3.63) is 35.4 Å². The summed E-state index contributed by atoms with van der Waals surface area (Å²) < 4.78 is 11.3. The van der Waals surface area contributed by atoms with Gasteiger partial charge in [0.2, 0.25) is 0 Å². The summed E-state index contributed by atoms with van der Waals surface area (Å²) in [6, 6.07) is 8.36. The largest absolute Gasteiger partial charge is 0.348 e. The average molecular weight is 318 g/mol. The highest BCUT2D eigenvalue weighted by atomic mass is 16.7. The van der Waals surface area contributed by atoms with Crippen molar-refractivity contribution < 1.29 is 14.3 Å². The van der Waals surface area contributed by atoms with Crippen molar-refractivity contribution >= 4 is 6.03 Å². The maximum absolute atomic E-state index is 12.4. The fourth-order valence-corrected chi connectivity index (χ4v) is 3.42. The molecule has 2 heterocycles. The van der Waals surface area contributed by atoms with Gasteiger partial charge in [-0.3, -0.25) is 0 Å². The molecule has 0 radical (unpaired) electrons. The van der Waals surface area contributed by atoms with Crippen LogP contribution >= 0.6 is 0 Å². The van der Waals surface area contributed by atoms with Gasteiger partial charge in [0.1, 0.15) is 0 Å². The van der Waals surface area contributed by atoms with Crippen molar-refractivity contribution in [1.29, 1.82) is 0 Å². The molecule has 1 aromatic carbocycles. The summed E-state index contributed by atoms with van der Waals surface area (Å²) in [5, 5.41) is 3.05. The highest BCUT2D eigenvalue weighted by Crippen LogP contribution is 2.26. The van der Waals surface area contributed by atoms with Crippen LogP contribution < -0.4 is 5.32 Å². The van der Waals surface area contributed by atoms with Crippen LogP contribution in [0, 0.1) is 5.92 Å². The van der Waals surface area contributed by atoms with E-state index in [4.69, 9.17) is 9.47 Å². The standard InChI is InChI=1S/C18H26N2O3/c1-14(11-18(2)22-9-10-23-18)12-19-17(21)20-8-7-15-5-3-4-6-16(15)13-20/h3-6,14H,7-13H2,1-2H3,(H,19,21)/t14-/m1/s1. The number of amides is 2. The predicted octanol–water partition coefficient (Wildman–Crippen LogP) is 2.54. The number of ether oxygens (including phenoxy) is 2. The van der Waals surface area contributed by atoms with Crippen LogP contribution in [0.3, 0.4) is 0 Å². The Morgan fingerprint density at radius 2 is 2.00 bits per heavy atom. The third kappa shape index (κ3) is 4.03. The van der Waals surface area contributed by atoms with Crippen molar-refractivity contribution in [2.24, 2.45) is 5.92 Å². The minimum Gasteiger partial charge on any atom is -0.348 e. The summed E-state index contributed by atoms with van der Waals surface area (Å²) in [6.45, 7) is 7.51. The average Bonchev–Trinajstić information content (AvgIpc) is 2.98. The number of carbonyl (C=O) groups is 1. The van der Waals surface area contributed by atoms with E-state index in [1.807, 2.05) is 17.9 Å². The Balaban J connectivity index is 1.46. The van der Waals surface area contributed by atoms with Crippen molar-refractivity contribution in [3.8, 4) is 0 Å². The second kappa shape index (κ2) is 6.89. The molecule has 23 heavy (non-hydrogen) atoms. The van der Waals surface area contributed by atoms with Crippen LogP contribution in [0.15, 0.2) is 24.3 Å². The van der Waals surface area contributed by atoms with E-state index in [-0.39, 0.29) is 6.03 Å². The third-order valence-corrected chi connectivity index (χ3v) is 4.64. The molecule has 2 aliphatic rings. The van der Waals surface area contributed by atoms with Crippen LogP contribution in [0.25, 0.3) is 0 Å². The third-order valence-electron chi connectivity index (χ3n) is 4.64. The molecule has 1 fully saturated rings. The van der Waals surface area contributed by atoms with E-state index in [0.29, 0.717) is 32.2 Å². The van der Waals surface area contributed by atoms with Gasteiger partial charge in [0.15, 0.2) is 5.79 Å². The zero-order valence-electron chi connectivity index (χ0n) is 14.0. The summed E-state index contributed by atoms with van der Waals surface area (Å²) in [5.41, 5.74) is 2.61. The fourth-order valence-electron chi connectivity index (χ4n) is 3.42. The number of fused-ring (bicyclic) bond motifs is 1. The molecule has 0 saturated carbocycles. The van der Waals surface area contributed by atoms with Crippen LogP contribution in [0.2, 0.25) is 0 Å². The monoisotopic (exact) mass is 318 g/mol. The zero-order valence-corrected chi connectivity index (χ0v) is 14.0. The number of hydrogen-bond acceptors (Lipinski definition) is 3. The van der Waals surface area contributed by atoms with Gasteiger partial charge in [0, 0.05) is 26.1 Å². The van der Waals surface area contributed by atoms with E-state index >= 15 is 0 Å². The van der Waals surface area contributed by atoms with Crippen molar-refractivity contribution in [3.63, 3.8) is 0 Å². The zero-order chi connectivity index (χ0) is 16.3. The molecule has 2 amide bonds. The molecule has 3 rings (SSSR count). The number of hydrogen-bond donors (Lipinski definition) is 1. The first-order valence-corrected chi connectivity index (χ1v) is 8.43. The quantitative estimate of drug-likeness (QED) is 0.928. The lowest BCUT2D eigenvalue weighted by atomic mass is 10.00. The number of nitrogens with zero attached hydrogens (tertiary/aromatic N) is 1. The number of rotatable bonds is 4. The number of benzene rings is 1. The highest BCUT2D eigenvalue weighted by Gasteiger charge is 2.32. The van der Waals surface area contributed by atoms with E-state index in [2.05, 4.69) is 30.4 Å². The molecule has 1 aromatic rings. The summed E-state index contributed by atoms with van der Waals surface area (Å²) in [6.07, 6.45) is 1.72. The van der Waals surface area contributed by atoms with Gasteiger partial charge >= 0.3 is 6.03 Å². The first kappa shape index (κ1) is 16.3. The molecule has 0 bridgehead atoms. The first-order valence-electron chi connectivity index (χ1n) is 8.43. The highest BCUT2D eigenvalue weighted by molar-refractivity contribution is 5.74. The summed E-state index contributed by atoms with van der Waals surface area (Å²) in [7, 11) is 0. The van der Waals surface area contributed by atoms with Gasteiger partial charge in [-0.05, 0) is 30.4 Å². The van der Waals surface area contributed by atoms with Gasteiger partial charge in [-0.2, -0.15) is 0 Å². The summed E-state index contributed by atoms with van der Waals surface area (Å²) >= 11 is 0. The van der Waals surface area contributed by atoms with Crippen LogP contribution in [-0.2, 0) is 22.4 Å². The summed E-state index contributed by atoms with van der Waals surface area (Å²) in [4.78, 5) is 14.3. The van der Waals surface area contributed by atoms with Gasteiger partial charge < -0.3 is 19.7 Å². The maximum Gasteiger partial charge on any atom is 0.317 e. The van der Waals surface area contributed by atoms with Gasteiger partial charge in [-0.15, -0.1) is 0 Å². The number of carbonyl (C=O) groups excluding carboxylic acids is 1. The molecule has 0 spiro atoms. The van der Waals surface area contributed by atoms with Crippen LogP contribution in [-0.4, -0.2) is 43.0 Å². The van der Waals surface area contributed by atoms with Crippen molar-refractivity contribution in [1.82, 2.24) is 10.2 Å². The molecule has 0 aliphatic carbocycles. The normalized spacial score (nSPS) is 20.9. The lowest BCUT2D eigenvalue weighted by Gasteiger charge is -2.30. The fraction of sp³-hybridized carbons (Fsp3) is 0.611. The molecule has 0 aromatic heterocycles. The van der Waals surface area contributed by atoms with Crippen LogP contribution in [0.4, 0.5) is 4.79 Å². The predicted molar refractivity (Wildman–Crippen MR) is 88.0 cm³/mol. The van der Waals surface area contributed by atoms with Crippen molar-refractivity contribution in [2.45, 2.75) is 39.0 Å². The van der Waals surface area contributed by atoms with E-state index in [0.717, 1.165) is 19.4 Å². The van der Waals surface area contributed by atoms with Gasteiger partial charge in [-0.25, -0.2) is 4.79 Å². The smallest absolute Gasteiger partial charge is 0.317 e. The lowest BCUT2D eigenvalue weighted by Crippen LogP contribution is -2.44. The van der Waals surface area contributed by atoms with Gasteiger partial charge in [-0.1, -0.05) is 31.2 Å². The van der Waals surface area contributed by atoms with E-state index in [9.17, 15) is 4.79 Å². The number of nitrogens with one attached hydrogen (secondary N) is 1. The minimum atomic E-state index is -0.492. The molecule has 1 saturated heterocycles. The topological polar surface area (TPSA) is 50.8 Å². The molecule has 126 valence electrons. The maximum atomic E-state index is 12.4. The molecular weight excluding hydrogens is 292 g/mol. The second-order valence-corrected chi connectivity index (χ2v) is 6.77. The first-order chi connectivity index (χ1) is 11.1. The Hall–Kier alpha value is -1.59. The SMILES string of the molecule is C[C@@H](CNC(=O)N1CCc2ccccc2C1)CC1(C)OCCO1. The molecule has 1 atom stereocenters. The molecular formula is C18H26N2O3. The lowest BCUT2D eigenvalue weighted by molar-refractivity contribution is -0.153. The Bertz CT molecular complexity index is 555. The van der Waals surface area contributed by atoms with Crippen LogP contribution in [0.1, 0.15) is 31.4 Å². The Kier molecular flexibility index (Phi) is 4.87.